The van der Waals surface area contributed by atoms with Gasteiger partial charge in [-0.3, -0.25) is 9.59 Å². The molecule has 2 N–H and O–H groups in total. The third-order valence-electron chi connectivity index (χ3n) is 4.40. The number of para-hydroxylation sites is 2. The molecule has 0 atom stereocenters. The Balaban J connectivity index is 1.68. The van der Waals surface area contributed by atoms with Crippen LogP contribution in [0, 0.1) is 13.8 Å². The minimum atomic E-state index is -0.193. The molecule has 1 aliphatic rings. The first kappa shape index (κ1) is 18.3. The van der Waals surface area contributed by atoms with Crippen molar-refractivity contribution in [3.05, 3.63) is 52.5 Å². The van der Waals surface area contributed by atoms with Gasteiger partial charge < -0.3 is 15.5 Å². The number of nitrogens with one attached hydrogen (secondary N) is 2. The van der Waals surface area contributed by atoms with Crippen molar-refractivity contribution in [1.29, 1.82) is 0 Å². The van der Waals surface area contributed by atoms with Gasteiger partial charge in [0.05, 0.1) is 28.6 Å². The largest absolute Gasteiger partial charge is 0.374 e. The first-order valence-electron chi connectivity index (χ1n) is 8.65. The Kier molecular flexibility index (Phi) is 5.47. The fraction of sp³-hybridized carbons (Fsp3) is 0.300. The third-order valence-corrected chi connectivity index (χ3v) is 4.70. The molecular weight excluding hydrogens is 350 g/mol. The summed E-state index contributed by atoms with van der Waals surface area (Å²) in [5.74, 6) is -0.0767. The summed E-state index contributed by atoms with van der Waals surface area (Å²) < 4.78 is 0. The molecule has 5 nitrogen and oxygen atoms in total. The summed E-state index contributed by atoms with van der Waals surface area (Å²) in [5.41, 5.74) is 4.18. The summed E-state index contributed by atoms with van der Waals surface area (Å²) in [5, 5.41) is 6.52. The molecule has 0 aromatic heterocycles. The maximum absolute atomic E-state index is 12.4. The van der Waals surface area contributed by atoms with Gasteiger partial charge in [0.2, 0.25) is 11.8 Å². The second-order valence-electron chi connectivity index (χ2n) is 6.51. The van der Waals surface area contributed by atoms with Crippen molar-refractivity contribution in [3.63, 3.8) is 0 Å². The lowest BCUT2D eigenvalue weighted by atomic mass is 10.1. The molecule has 136 valence electrons. The predicted octanol–water partition coefficient (Wildman–Crippen LogP) is 4.13. The Labute approximate surface area is 158 Å². The lowest BCUT2D eigenvalue weighted by Crippen LogP contribution is -2.27. The van der Waals surface area contributed by atoms with E-state index in [0.717, 1.165) is 28.9 Å². The van der Waals surface area contributed by atoms with Crippen molar-refractivity contribution in [2.24, 2.45) is 0 Å². The van der Waals surface area contributed by atoms with Gasteiger partial charge in [0.25, 0.3) is 0 Å². The SMILES string of the molecule is Cc1cc(C)c(NC(=O)CNc2ccccc2N2CCCC2=O)c(Cl)c1. The average Bonchev–Trinajstić information content (AvgIpc) is 3.02. The van der Waals surface area contributed by atoms with Gasteiger partial charge in [0.15, 0.2) is 0 Å². The monoisotopic (exact) mass is 371 g/mol. The minimum Gasteiger partial charge on any atom is -0.374 e. The molecule has 2 aromatic carbocycles. The Morgan fingerprint density at radius 1 is 1.23 bits per heavy atom. The van der Waals surface area contributed by atoms with Crippen LogP contribution in [0.15, 0.2) is 36.4 Å². The highest BCUT2D eigenvalue weighted by Gasteiger charge is 2.23. The zero-order chi connectivity index (χ0) is 18.7. The zero-order valence-electron chi connectivity index (χ0n) is 14.9. The normalized spacial score (nSPS) is 13.8. The number of hydrogen-bond acceptors (Lipinski definition) is 3. The summed E-state index contributed by atoms with van der Waals surface area (Å²) >= 11 is 6.24. The molecule has 2 aromatic rings. The van der Waals surface area contributed by atoms with E-state index in [1.54, 1.807) is 4.90 Å². The van der Waals surface area contributed by atoms with E-state index in [4.69, 9.17) is 11.6 Å². The van der Waals surface area contributed by atoms with E-state index in [1.165, 1.54) is 0 Å². The Hall–Kier alpha value is -2.53. The van der Waals surface area contributed by atoms with Gasteiger partial charge in [-0.1, -0.05) is 29.8 Å². The van der Waals surface area contributed by atoms with E-state index < -0.39 is 0 Å². The van der Waals surface area contributed by atoms with E-state index in [9.17, 15) is 9.59 Å². The van der Waals surface area contributed by atoms with E-state index in [-0.39, 0.29) is 18.4 Å². The van der Waals surface area contributed by atoms with Crippen LogP contribution in [0.25, 0.3) is 0 Å². The molecule has 1 aliphatic heterocycles. The van der Waals surface area contributed by atoms with Crippen molar-refractivity contribution < 1.29 is 9.59 Å². The minimum absolute atomic E-state index is 0.0860. The molecule has 2 amide bonds. The molecule has 0 spiro atoms. The number of rotatable bonds is 5. The maximum Gasteiger partial charge on any atom is 0.243 e. The molecule has 0 unspecified atom stereocenters. The molecule has 3 rings (SSSR count). The highest BCUT2D eigenvalue weighted by atomic mass is 35.5. The summed E-state index contributed by atoms with van der Waals surface area (Å²) in [6.45, 7) is 4.67. The van der Waals surface area contributed by atoms with Crippen molar-refractivity contribution in [1.82, 2.24) is 0 Å². The van der Waals surface area contributed by atoms with Crippen LogP contribution < -0.4 is 15.5 Å². The Bertz CT molecular complexity index is 828. The first-order valence-corrected chi connectivity index (χ1v) is 9.03. The smallest absolute Gasteiger partial charge is 0.243 e. The summed E-state index contributed by atoms with van der Waals surface area (Å²) in [6.07, 6.45) is 1.43. The second-order valence-corrected chi connectivity index (χ2v) is 6.91. The topological polar surface area (TPSA) is 61.4 Å². The third kappa shape index (κ3) is 3.99. The number of nitrogens with zero attached hydrogens (tertiary/aromatic N) is 1. The van der Waals surface area contributed by atoms with Gasteiger partial charge >= 0.3 is 0 Å². The number of carbonyl (C=O) groups excluding carboxylic acids is 2. The summed E-state index contributed by atoms with van der Waals surface area (Å²) in [6, 6.07) is 11.3. The molecule has 0 radical (unpaired) electrons. The molecule has 6 heteroatoms. The van der Waals surface area contributed by atoms with Crippen LogP contribution in [0.1, 0.15) is 24.0 Å². The number of halogens is 1. The van der Waals surface area contributed by atoms with Gasteiger partial charge in [0, 0.05) is 13.0 Å². The number of benzene rings is 2. The maximum atomic E-state index is 12.4. The van der Waals surface area contributed by atoms with Crippen molar-refractivity contribution >= 4 is 40.5 Å². The number of carbonyl (C=O) groups is 2. The van der Waals surface area contributed by atoms with E-state index in [2.05, 4.69) is 10.6 Å². The quantitative estimate of drug-likeness (QED) is 0.830. The van der Waals surface area contributed by atoms with Crippen molar-refractivity contribution in [2.45, 2.75) is 26.7 Å². The molecule has 0 aliphatic carbocycles. The van der Waals surface area contributed by atoms with Gasteiger partial charge in [-0.2, -0.15) is 0 Å². The van der Waals surface area contributed by atoms with E-state index >= 15 is 0 Å². The fourth-order valence-electron chi connectivity index (χ4n) is 3.19. The molecule has 1 heterocycles. The van der Waals surface area contributed by atoms with Crippen LogP contribution in [0.3, 0.4) is 0 Å². The first-order chi connectivity index (χ1) is 12.5. The van der Waals surface area contributed by atoms with Crippen LogP contribution in [-0.2, 0) is 9.59 Å². The highest BCUT2D eigenvalue weighted by molar-refractivity contribution is 6.34. The fourth-order valence-corrected chi connectivity index (χ4v) is 3.56. The Morgan fingerprint density at radius 3 is 2.69 bits per heavy atom. The number of amides is 2. The zero-order valence-corrected chi connectivity index (χ0v) is 15.7. The van der Waals surface area contributed by atoms with Crippen LogP contribution in [0.2, 0.25) is 5.02 Å². The Morgan fingerprint density at radius 2 is 2.00 bits per heavy atom. The van der Waals surface area contributed by atoms with E-state index in [0.29, 0.717) is 23.7 Å². The van der Waals surface area contributed by atoms with Crippen molar-refractivity contribution in [3.8, 4) is 0 Å². The number of aryl methyl sites for hydroxylation is 2. The van der Waals surface area contributed by atoms with Gasteiger partial charge in [0.1, 0.15) is 0 Å². The van der Waals surface area contributed by atoms with Gasteiger partial charge in [-0.05, 0) is 49.6 Å². The van der Waals surface area contributed by atoms with Crippen molar-refractivity contribution in [2.75, 3.05) is 28.6 Å². The van der Waals surface area contributed by atoms with Crippen LogP contribution >= 0.6 is 11.6 Å². The van der Waals surface area contributed by atoms with Crippen LogP contribution in [-0.4, -0.2) is 24.9 Å². The molecule has 0 saturated carbocycles. The molecule has 0 bridgehead atoms. The second kappa shape index (κ2) is 7.79. The predicted molar refractivity (Wildman–Crippen MR) is 106 cm³/mol. The molecule has 1 saturated heterocycles. The van der Waals surface area contributed by atoms with Crippen LogP contribution in [0.4, 0.5) is 17.1 Å². The summed E-state index contributed by atoms with van der Waals surface area (Å²) in [7, 11) is 0. The van der Waals surface area contributed by atoms with Crippen LogP contribution in [0.5, 0.6) is 0 Å². The number of anilines is 3. The molecule has 1 fully saturated rings. The molecular formula is C20H22ClN3O2. The molecule has 26 heavy (non-hydrogen) atoms. The lowest BCUT2D eigenvalue weighted by Gasteiger charge is -2.20. The lowest BCUT2D eigenvalue weighted by molar-refractivity contribution is -0.117. The average molecular weight is 372 g/mol. The van der Waals surface area contributed by atoms with Gasteiger partial charge in [-0.15, -0.1) is 0 Å². The van der Waals surface area contributed by atoms with Gasteiger partial charge in [-0.25, -0.2) is 0 Å². The highest BCUT2D eigenvalue weighted by Crippen LogP contribution is 2.30. The number of hydrogen-bond donors (Lipinski definition) is 2. The summed E-state index contributed by atoms with van der Waals surface area (Å²) in [4.78, 5) is 26.1. The standard InChI is InChI=1S/C20H22ClN3O2/c1-13-10-14(2)20(15(21)11-13)23-18(25)12-22-16-6-3-4-7-17(16)24-9-5-8-19(24)26/h3-4,6-7,10-11,22H,5,8-9,12H2,1-2H3,(H,23,25). The van der Waals surface area contributed by atoms with E-state index in [1.807, 2.05) is 50.2 Å².